The van der Waals surface area contributed by atoms with Crippen molar-refractivity contribution in [3.8, 4) is 0 Å². The van der Waals surface area contributed by atoms with Gasteiger partial charge >= 0.3 is 18.0 Å². The molecule has 0 atom stereocenters. The summed E-state index contributed by atoms with van der Waals surface area (Å²) in [6.07, 6.45) is 1.19. The molecule has 0 aliphatic carbocycles. The van der Waals surface area contributed by atoms with Crippen LogP contribution in [0.2, 0.25) is 0 Å². The number of nitrogens with one attached hydrogen (secondary N) is 1. The summed E-state index contributed by atoms with van der Waals surface area (Å²) in [7, 11) is 1.24. The lowest BCUT2D eigenvalue weighted by atomic mass is 9.93. The van der Waals surface area contributed by atoms with Crippen molar-refractivity contribution in [2.24, 2.45) is 0 Å². The number of nitrogens with zero attached hydrogens (tertiary/aromatic N) is 1. The highest BCUT2D eigenvalue weighted by Gasteiger charge is 2.37. The largest absolute Gasteiger partial charge is 0.480 e. The van der Waals surface area contributed by atoms with E-state index in [4.69, 9.17) is 0 Å². The number of carboxylic acids is 1. The molecule has 0 unspecified atom stereocenters. The second-order valence-corrected chi connectivity index (χ2v) is 4.52. The quantitative estimate of drug-likeness (QED) is 0.655. The normalized spacial score (nSPS) is 10.8. The molecule has 0 spiro atoms. The number of amides is 2. The van der Waals surface area contributed by atoms with Gasteiger partial charge in [0.2, 0.25) is 0 Å². The third-order valence-corrected chi connectivity index (χ3v) is 3.29. The fraction of sp³-hybridized carbons (Fsp3) is 0.769. The minimum absolute atomic E-state index is 0.195. The maximum absolute atomic E-state index is 12.2. The number of ether oxygens (including phenoxy) is 1. The first-order chi connectivity index (χ1) is 9.36. The van der Waals surface area contributed by atoms with Gasteiger partial charge in [0.25, 0.3) is 0 Å². The number of carbonyl (C=O) groups is 3. The van der Waals surface area contributed by atoms with Crippen LogP contribution >= 0.6 is 0 Å². The zero-order valence-electron chi connectivity index (χ0n) is 12.6. The molecule has 0 heterocycles. The lowest BCUT2D eigenvalue weighted by molar-refractivity contribution is -0.144. The van der Waals surface area contributed by atoms with Crippen molar-refractivity contribution in [2.45, 2.75) is 45.6 Å². The lowest BCUT2D eigenvalue weighted by Gasteiger charge is -2.31. The lowest BCUT2D eigenvalue weighted by Crippen LogP contribution is -2.58. The average molecular weight is 288 g/mol. The fourth-order valence-electron chi connectivity index (χ4n) is 1.81. The molecule has 7 heteroatoms. The highest BCUT2D eigenvalue weighted by molar-refractivity contribution is 5.87. The van der Waals surface area contributed by atoms with Crippen LogP contribution in [0, 0.1) is 0 Å². The van der Waals surface area contributed by atoms with Crippen molar-refractivity contribution in [1.29, 1.82) is 0 Å². The first-order valence-electron chi connectivity index (χ1n) is 6.74. The number of urea groups is 1. The standard InChI is InChI=1S/C13H24N2O5/c1-5-8-15(9-10(16)20-4)12(19)14-13(6-2,7-3)11(17)18/h5-9H2,1-4H3,(H,14,19)(H,17,18). The second kappa shape index (κ2) is 8.39. The number of hydrogen-bond donors (Lipinski definition) is 2. The first-order valence-corrected chi connectivity index (χ1v) is 6.74. The van der Waals surface area contributed by atoms with E-state index in [9.17, 15) is 19.5 Å². The Labute approximate surface area is 119 Å². The monoisotopic (exact) mass is 288 g/mol. The Balaban J connectivity index is 4.97. The highest BCUT2D eigenvalue weighted by Crippen LogP contribution is 2.16. The van der Waals surface area contributed by atoms with E-state index in [0.29, 0.717) is 13.0 Å². The van der Waals surface area contributed by atoms with Gasteiger partial charge in [0.05, 0.1) is 7.11 Å². The minimum Gasteiger partial charge on any atom is -0.480 e. The molecule has 0 aromatic heterocycles. The minimum atomic E-state index is -1.31. The van der Waals surface area contributed by atoms with Crippen molar-refractivity contribution < 1.29 is 24.2 Å². The average Bonchev–Trinajstić information content (AvgIpc) is 2.43. The highest BCUT2D eigenvalue weighted by atomic mass is 16.5. The van der Waals surface area contributed by atoms with Crippen molar-refractivity contribution in [2.75, 3.05) is 20.2 Å². The van der Waals surface area contributed by atoms with E-state index in [1.54, 1.807) is 13.8 Å². The number of hydrogen-bond acceptors (Lipinski definition) is 4. The summed E-state index contributed by atoms with van der Waals surface area (Å²) >= 11 is 0. The molecule has 0 saturated heterocycles. The maximum atomic E-state index is 12.2. The number of methoxy groups -OCH3 is 1. The first kappa shape index (κ1) is 18.2. The van der Waals surface area contributed by atoms with E-state index in [1.807, 2.05) is 6.92 Å². The molecule has 20 heavy (non-hydrogen) atoms. The zero-order valence-corrected chi connectivity index (χ0v) is 12.6. The van der Waals surface area contributed by atoms with Crippen LogP contribution in [0.5, 0.6) is 0 Å². The van der Waals surface area contributed by atoms with E-state index in [1.165, 1.54) is 12.0 Å². The Morgan fingerprint density at radius 2 is 1.75 bits per heavy atom. The summed E-state index contributed by atoms with van der Waals surface area (Å²) in [4.78, 5) is 36.1. The van der Waals surface area contributed by atoms with Crippen LogP contribution in [0.4, 0.5) is 4.79 Å². The zero-order chi connectivity index (χ0) is 15.8. The predicted molar refractivity (Wildman–Crippen MR) is 73.4 cm³/mol. The molecule has 0 aliphatic rings. The van der Waals surface area contributed by atoms with Crippen molar-refractivity contribution >= 4 is 18.0 Å². The van der Waals surface area contributed by atoms with E-state index < -0.39 is 23.5 Å². The Bertz CT molecular complexity index is 353. The molecular weight excluding hydrogens is 264 g/mol. The molecule has 0 saturated carbocycles. The van der Waals surface area contributed by atoms with Crippen molar-refractivity contribution in [3.63, 3.8) is 0 Å². The molecular formula is C13H24N2O5. The molecule has 0 aromatic carbocycles. The van der Waals surface area contributed by atoms with Crippen LogP contribution in [-0.2, 0) is 14.3 Å². The van der Waals surface area contributed by atoms with Gasteiger partial charge in [-0.05, 0) is 19.3 Å². The Kier molecular flexibility index (Phi) is 7.64. The van der Waals surface area contributed by atoms with E-state index in [-0.39, 0.29) is 19.4 Å². The molecule has 0 aliphatic heterocycles. The summed E-state index contributed by atoms with van der Waals surface area (Å²) in [6.45, 7) is 5.41. The summed E-state index contributed by atoms with van der Waals surface area (Å²) in [6, 6.07) is -0.566. The predicted octanol–water partition coefficient (Wildman–Crippen LogP) is 1.22. The van der Waals surface area contributed by atoms with Crippen LogP contribution in [0.25, 0.3) is 0 Å². The summed E-state index contributed by atoms with van der Waals surface area (Å²) in [5, 5.41) is 11.8. The molecule has 7 nitrogen and oxygen atoms in total. The van der Waals surface area contributed by atoms with E-state index >= 15 is 0 Å². The molecule has 0 fully saturated rings. The summed E-state index contributed by atoms with van der Waals surface area (Å²) in [5.41, 5.74) is -1.31. The van der Waals surface area contributed by atoms with Gasteiger partial charge in [0.15, 0.2) is 0 Å². The van der Waals surface area contributed by atoms with E-state index in [0.717, 1.165) is 0 Å². The summed E-state index contributed by atoms with van der Waals surface area (Å²) in [5.74, 6) is -1.62. The third-order valence-electron chi connectivity index (χ3n) is 3.29. The van der Waals surface area contributed by atoms with Gasteiger partial charge in [-0.3, -0.25) is 4.79 Å². The topological polar surface area (TPSA) is 95.9 Å². The molecule has 2 amide bonds. The smallest absolute Gasteiger partial charge is 0.329 e. The van der Waals surface area contributed by atoms with Gasteiger partial charge in [-0.25, -0.2) is 9.59 Å². The maximum Gasteiger partial charge on any atom is 0.329 e. The SMILES string of the molecule is CCCN(CC(=O)OC)C(=O)NC(CC)(CC)C(=O)O. The van der Waals surface area contributed by atoms with Gasteiger partial charge in [-0.1, -0.05) is 20.8 Å². The molecule has 0 rings (SSSR count). The Morgan fingerprint density at radius 3 is 2.10 bits per heavy atom. The number of rotatable bonds is 8. The van der Waals surface area contributed by atoms with Crippen LogP contribution in [0.1, 0.15) is 40.0 Å². The van der Waals surface area contributed by atoms with Gasteiger partial charge in [0.1, 0.15) is 12.1 Å². The molecule has 116 valence electrons. The summed E-state index contributed by atoms with van der Waals surface area (Å²) < 4.78 is 4.53. The molecule has 0 aromatic rings. The van der Waals surface area contributed by atoms with Crippen molar-refractivity contribution in [3.05, 3.63) is 0 Å². The van der Waals surface area contributed by atoms with Gasteiger partial charge in [-0.15, -0.1) is 0 Å². The van der Waals surface area contributed by atoms with Gasteiger partial charge in [0, 0.05) is 6.54 Å². The van der Waals surface area contributed by atoms with Crippen LogP contribution in [0.15, 0.2) is 0 Å². The molecule has 0 radical (unpaired) electrons. The molecule has 2 N–H and O–H groups in total. The van der Waals surface area contributed by atoms with Gasteiger partial charge < -0.3 is 20.1 Å². The molecule has 0 bridgehead atoms. The van der Waals surface area contributed by atoms with Crippen molar-refractivity contribution in [1.82, 2.24) is 10.2 Å². The number of esters is 1. The number of aliphatic carboxylic acids is 1. The van der Waals surface area contributed by atoms with Gasteiger partial charge in [-0.2, -0.15) is 0 Å². The van der Waals surface area contributed by atoms with E-state index in [2.05, 4.69) is 10.1 Å². The van der Waals surface area contributed by atoms with Crippen LogP contribution in [-0.4, -0.2) is 53.7 Å². The Hall–Kier alpha value is -1.79. The van der Waals surface area contributed by atoms with Crippen LogP contribution < -0.4 is 5.32 Å². The Morgan fingerprint density at radius 1 is 1.20 bits per heavy atom. The van der Waals surface area contributed by atoms with Crippen LogP contribution in [0.3, 0.4) is 0 Å². The number of carbonyl (C=O) groups excluding carboxylic acids is 2. The fourth-order valence-corrected chi connectivity index (χ4v) is 1.81. The second-order valence-electron chi connectivity index (χ2n) is 4.52. The third kappa shape index (κ3) is 4.71. The number of carboxylic acid groups (broad SMARTS) is 1.